The van der Waals surface area contributed by atoms with Crippen molar-refractivity contribution >= 4 is 5.91 Å². The van der Waals surface area contributed by atoms with E-state index in [9.17, 15) is 4.79 Å². The highest BCUT2D eigenvalue weighted by Gasteiger charge is 2.22. The van der Waals surface area contributed by atoms with Gasteiger partial charge in [-0.2, -0.15) is 0 Å². The zero-order chi connectivity index (χ0) is 16.9. The van der Waals surface area contributed by atoms with E-state index >= 15 is 0 Å². The Morgan fingerprint density at radius 1 is 1.33 bits per heavy atom. The molecule has 0 spiro atoms. The molecular weight excluding hydrogens is 298 g/mol. The molecule has 3 heteroatoms. The van der Waals surface area contributed by atoms with Crippen molar-refractivity contribution in [1.82, 2.24) is 5.32 Å². The monoisotopic (exact) mass is 321 g/mol. The van der Waals surface area contributed by atoms with Crippen LogP contribution in [0.3, 0.4) is 0 Å². The molecule has 3 rings (SSSR count). The number of nitrogens with one attached hydrogen (secondary N) is 1. The first kappa shape index (κ1) is 16.3. The molecule has 0 unspecified atom stereocenters. The molecule has 0 fully saturated rings. The van der Waals surface area contributed by atoms with E-state index in [4.69, 9.17) is 4.74 Å². The van der Waals surface area contributed by atoms with Gasteiger partial charge < -0.3 is 10.1 Å². The van der Waals surface area contributed by atoms with Gasteiger partial charge in [-0.25, -0.2) is 0 Å². The first-order valence-corrected chi connectivity index (χ1v) is 8.39. The number of carbonyl (C=O) groups excluding carboxylic acids is 1. The van der Waals surface area contributed by atoms with Crippen LogP contribution in [-0.2, 0) is 12.8 Å². The van der Waals surface area contributed by atoms with Crippen LogP contribution in [-0.4, -0.2) is 13.0 Å². The summed E-state index contributed by atoms with van der Waals surface area (Å²) < 4.78 is 5.35. The minimum atomic E-state index is -0.0373. The Labute approximate surface area is 143 Å². The van der Waals surface area contributed by atoms with Gasteiger partial charge in [0.2, 0.25) is 0 Å². The zero-order valence-electron chi connectivity index (χ0n) is 14.0. The molecule has 0 radical (unpaired) electrons. The number of aryl methyl sites for hydroxylation is 1. The molecule has 1 amide bonds. The summed E-state index contributed by atoms with van der Waals surface area (Å²) in [6.07, 6.45) is 5.67. The maximum Gasteiger partial charge on any atom is 0.251 e. The highest BCUT2D eigenvalue weighted by Crippen LogP contribution is 2.30. The molecule has 0 saturated carbocycles. The van der Waals surface area contributed by atoms with E-state index in [1.54, 1.807) is 7.11 Å². The molecule has 1 N–H and O–H groups in total. The minimum absolute atomic E-state index is 0.0373. The number of benzene rings is 2. The van der Waals surface area contributed by atoms with E-state index in [0.29, 0.717) is 12.0 Å². The maximum atomic E-state index is 12.7. The van der Waals surface area contributed by atoms with Gasteiger partial charge in [0, 0.05) is 5.56 Å². The summed E-state index contributed by atoms with van der Waals surface area (Å²) in [7, 11) is 1.64. The summed E-state index contributed by atoms with van der Waals surface area (Å²) in [5.74, 6) is 0.749. The summed E-state index contributed by atoms with van der Waals surface area (Å²) >= 11 is 0. The van der Waals surface area contributed by atoms with Crippen molar-refractivity contribution in [1.29, 1.82) is 0 Å². The predicted molar refractivity (Wildman–Crippen MR) is 96.5 cm³/mol. The van der Waals surface area contributed by atoms with Crippen molar-refractivity contribution in [3.05, 3.63) is 77.4 Å². The van der Waals surface area contributed by atoms with Gasteiger partial charge in [0.25, 0.3) is 5.91 Å². The number of hydrogen-bond acceptors (Lipinski definition) is 2. The van der Waals surface area contributed by atoms with Crippen LogP contribution in [0, 0.1) is 0 Å². The largest absolute Gasteiger partial charge is 0.496 e. The molecule has 1 aliphatic carbocycles. The normalized spacial score (nSPS) is 16.1. The Hall–Kier alpha value is -2.55. The van der Waals surface area contributed by atoms with E-state index in [-0.39, 0.29) is 11.9 Å². The Morgan fingerprint density at radius 3 is 2.96 bits per heavy atom. The van der Waals surface area contributed by atoms with E-state index in [1.165, 1.54) is 11.1 Å². The Kier molecular flexibility index (Phi) is 4.99. The molecular formula is C21H23NO2. The molecule has 2 aromatic carbocycles. The van der Waals surface area contributed by atoms with Crippen molar-refractivity contribution in [3.63, 3.8) is 0 Å². The Bertz CT molecular complexity index is 751. The fourth-order valence-corrected chi connectivity index (χ4v) is 3.38. The lowest BCUT2D eigenvalue weighted by molar-refractivity contribution is 0.0932. The van der Waals surface area contributed by atoms with Crippen LogP contribution in [0.5, 0.6) is 5.75 Å². The third-order valence-electron chi connectivity index (χ3n) is 4.58. The lowest BCUT2D eigenvalue weighted by atomic mass is 9.87. The molecule has 24 heavy (non-hydrogen) atoms. The molecule has 0 heterocycles. The highest BCUT2D eigenvalue weighted by atomic mass is 16.5. The average Bonchev–Trinajstić information content (AvgIpc) is 2.62. The van der Waals surface area contributed by atoms with Crippen LogP contribution in [0.1, 0.15) is 45.9 Å². The first-order valence-electron chi connectivity index (χ1n) is 8.39. The standard InChI is InChI=1S/C21H23NO2/c1-3-7-16-14-17(12-13-20(16)24-2)21(23)22-19-11-6-9-15-8-4-5-10-18(15)19/h3-5,8,10,12-14,19H,1,6-7,9,11H2,2H3,(H,22,23)/t19-/m1/s1. The van der Waals surface area contributed by atoms with Crippen molar-refractivity contribution < 1.29 is 9.53 Å². The van der Waals surface area contributed by atoms with E-state index in [2.05, 4.69) is 30.1 Å². The van der Waals surface area contributed by atoms with Crippen molar-refractivity contribution in [3.8, 4) is 5.75 Å². The van der Waals surface area contributed by atoms with Crippen molar-refractivity contribution in [2.24, 2.45) is 0 Å². The number of allylic oxidation sites excluding steroid dienone is 1. The summed E-state index contributed by atoms with van der Waals surface area (Å²) in [5.41, 5.74) is 4.23. The summed E-state index contributed by atoms with van der Waals surface area (Å²) in [6.45, 7) is 3.77. The molecule has 0 bridgehead atoms. The molecule has 2 aromatic rings. The molecule has 1 aliphatic rings. The molecule has 0 aliphatic heterocycles. The molecule has 3 nitrogen and oxygen atoms in total. The van der Waals surface area contributed by atoms with Crippen LogP contribution in [0.4, 0.5) is 0 Å². The molecule has 1 atom stereocenters. The summed E-state index contributed by atoms with van der Waals surface area (Å²) in [5, 5.41) is 3.19. The van der Waals surface area contributed by atoms with Gasteiger partial charge in [0.1, 0.15) is 5.75 Å². The number of amides is 1. The number of carbonyl (C=O) groups is 1. The van der Waals surface area contributed by atoms with Crippen LogP contribution < -0.4 is 10.1 Å². The number of fused-ring (bicyclic) bond motifs is 1. The minimum Gasteiger partial charge on any atom is -0.496 e. The fourth-order valence-electron chi connectivity index (χ4n) is 3.38. The third-order valence-corrected chi connectivity index (χ3v) is 4.58. The number of ether oxygens (including phenoxy) is 1. The number of hydrogen-bond donors (Lipinski definition) is 1. The second kappa shape index (κ2) is 7.35. The molecule has 124 valence electrons. The number of methoxy groups -OCH3 is 1. The maximum absolute atomic E-state index is 12.7. The number of rotatable bonds is 5. The fraction of sp³-hybridized carbons (Fsp3) is 0.286. The quantitative estimate of drug-likeness (QED) is 0.837. The second-order valence-electron chi connectivity index (χ2n) is 6.14. The lowest BCUT2D eigenvalue weighted by Gasteiger charge is -2.26. The van der Waals surface area contributed by atoms with Crippen LogP contribution in [0.2, 0.25) is 0 Å². The van der Waals surface area contributed by atoms with Gasteiger partial charge in [-0.1, -0.05) is 30.3 Å². The average molecular weight is 321 g/mol. The highest BCUT2D eigenvalue weighted by molar-refractivity contribution is 5.95. The Balaban J connectivity index is 1.81. The SMILES string of the molecule is C=CCc1cc(C(=O)N[C@@H]2CCCc3ccccc32)ccc1OC. The van der Waals surface area contributed by atoms with Crippen LogP contribution >= 0.6 is 0 Å². The third kappa shape index (κ3) is 3.35. The summed E-state index contributed by atoms with van der Waals surface area (Å²) in [6, 6.07) is 14.0. The van der Waals surface area contributed by atoms with Gasteiger partial charge in [-0.05, 0) is 60.6 Å². The first-order chi connectivity index (χ1) is 11.7. The molecule has 0 saturated heterocycles. The van der Waals surface area contributed by atoms with E-state index < -0.39 is 0 Å². The smallest absolute Gasteiger partial charge is 0.251 e. The van der Waals surface area contributed by atoms with Gasteiger partial charge >= 0.3 is 0 Å². The zero-order valence-corrected chi connectivity index (χ0v) is 14.0. The van der Waals surface area contributed by atoms with Crippen LogP contribution in [0.15, 0.2) is 55.1 Å². The van der Waals surface area contributed by atoms with Gasteiger partial charge in [-0.3, -0.25) is 4.79 Å². The van der Waals surface area contributed by atoms with Crippen molar-refractivity contribution in [2.45, 2.75) is 31.7 Å². The van der Waals surface area contributed by atoms with Crippen LogP contribution in [0.25, 0.3) is 0 Å². The van der Waals surface area contributed by atoms with E-state index in [0.717, 1.165) is 30.6 Å². The predicted octanol–water partition coefficient (Wildman–Crippen LogP) is 4.23. The topological polar surface area (TPSA) is 38.3 Å². The van der Waals surface area contributed by atoms with Crippen molar-refractivity contribution in [2.75, 3.05) is 7.11 Å². The summed E-state index contributed by atoms with van der Waals surface area (Å²) in [4.78, 5) is 12.7. The van der Waals surface area contributed by atoms with Gasteiger partial charge in [-0.15, -0.1) is 6.58 Å². The second-order valence-corrected chi connectivity index (χ2v) is 6.14. The molecule has 0 aromatic heterocycles. The Morgan fingerprint density at radius 2 is 2.17 bits per heavy atom. The lowest BCUT2D eigenvalue weighted by Crippen LogP contribution is -2.31. The van der Waals surface area contributed by atoms with E-state index in [1.807, 2.05) is 30.3 Å². The van der Waals surface area contributed by atoms with Gasteiger partial charge in [0.05, 0.1) is 13.2 Å². The van der Waals surface area contributed by atoms with Gasteiger partial charge in [0.15, 0.2) is 0 Å².